The number of hydrogen-bond acceptors (Lipinski definition) is 1. The topological polar surface area (TPSA) is 20.3 Å². The van der Waals surface area contributed by atoms with E-state index in [4.69, 9.17) is 0 Å². The first-order valence-corrected chi connectivity index (χ1v) is 5.18. The molecule has 74 valence electrons. The molecule has 1 saturated heterocycles. The maximum Gasteiger partial charge on any atom is 0.222 e. The number of carbonyl (C=O) groups excluding carboxylic acids is 1. The molecule has 0 N–H and O–H groups in total. The van der Waals surface area contributed by atoms with Crippen LogP contribution >= 0.6 is 0 Å². The van der Waals surface area contributed by atoms with Gasteiger partial charge in [-0.05, 0) is 19.3 Å². The monoisotopic (exact) mass is 181 g/mol. The summed E-state index contributed by atoms with van der Waals surface area (Å²) in [7, 11) is 1.91. The van der Waals surface area contributed by atoms with E-state index in [1.54, 1.807) is 0 Å². The van der Waals surface area contributed by atoms with Crippen molar-refractivity contribution in [1.82, 2.24) is 4.90 Å². The van der Waals surface area contributed by atoms with Crippen LogP contribution in [-0.2, 0) is 4.79 Å². The molecule has 1 aliphatic rings. The van der Waals surface area contributed by atoms with Crippen molar-refractivity contribution in [2.75, 3.05) is 7.05 Å². The van der Waals surface area contributed by atoms with Crippen LogP contribution in [0.15, 0.2) is 12.2 Å². The van der Waals surface area contributed by atoms with Gasteiger partial charge in [0.1, 0.15) is 0 Å². The zero-order valence-corrected chi connectivity index (χ0v) is 8.62. The number of unbranched alkanes of at least 4 members (excludes halogenated alkanes) is 1. The van der Waals surface area contributed by atoms with Crippen LogP contribution in [0.25, 0.3) is 0 Å². The molecular formula is C11H19NO. The molecule has 1 aliphatic heterocycles. The van der Waals surface area contributed by atoms with Crippen molar-refractivity contribution >= 4 is 5.91 Å². The van der Waals surface area contributed by atoms with Crippen LogP contribution in [0.2, 0.25) is 0 Å². The van der Waals surface area contributed by atoms with Gasteiger partial charge in [-0.1, -0.05) is 25.5 Å². The summed E-state index contributed by atoms with van der Waals surface area (Å²) >= 11 is 0. The summed E-state index contributed by atoms with van der Waals surface area (Å²) < 4.78 is 0. The average molecular weight is 181 g/mol. The second-order valence-corrected chi connectivity index (χ2v) is 3.68. The normalized spacial score (nSPS) is 24.3. The molecule has 13 heavy (non-hydrogen) atoms. The van der Waals surface area contributed by atoms with Crippen molar-refractivity contribution in [3.8, 4) is 0 Å². The van der Waals surface area contributed by atoms with Crippen molar-refractivity contribution < 1.29 is 4.79 Å². The number of amides is 1. The minimum absolute atomic E-state index is 0.289. The van der Waals surface area contributed by atoms with Gasteiger partial charge >= 0.3 is 0 Å². The van der Waals surface area contributed by atoms with Crippen LogP contribution in [0.4, 0.5) is 0 Å². The minimum atomic E-state index is 0.289. The summed E-state index contributed by atoms with van der Waals surface area (Å²) in [6.07, 6.45) is 9.58. The van der Waals surface area contributed by atoms with Gasteiger partial charge in [-0.2, -0.15) is 0 Å². The van der Waals surface area contributed by atoms with E-state index in [0.717, 1.165) is 25.7 Å². The number of carbonyl (C=O) groups is 1. The quantitative estimate of drug-likeness (QED) is 0.612. The Bertz CT molecular complexity index is 198. The Hall–Kier alpha value is -0.790. The molecule has 1 heterocycles. The van der Waals surface area contributed by atoms with E-state index >= 15 is 0 Å². The molecule has 1 fully saturated rings. The van der Waals surface area contributed by atoms with Gasteiger partial charge in [-0.25, -0.2) is 0 Å². The molecule has 0 aromatic heterocycles. The van der Waals surface area contributed by atoms with Gasteiger partial charge in [-0.3, -0.25) is 4.79 Å². The van der Waals surface area contributed by atoms with E-state index in [0.29, 0.717) is 6.04 Å². The van der Waals surface area contributed by atoms with E-state index in [1.165, 1.54) is 6.42 Å². The van der Waals surface area contributed by atoms with Crippen LogP contribution in [0.3, 0.4) is 0 Å². The molecule has 1 unspecified atom stereocenters. The highest BCUT2D eigenvalue weighted by molar-refractivity contribution is 5.77. The second-order valence-electron chi connectivity index (χ2n) is 3.68. The molecule has 2 nitrogen and oxygen atoms in total. The number of rotatable bonds is 3. The van der Waals surface area contributed by atoms with Crippen LogP contribution in [0, 0.1) is 0 Å². The van der Waals surface area contributed by atoms with E-state index in [2.05, 4.69) is 19.1 Å². The summed E-state index contributed by atoms with van der Waals surface area (Å²) in [5.74, 6) is 0.289. The lowest BCUT2D eigenvalue weighted by Crippen LogP contribution is -2.39. The highest BCUT2D eigenvalue weighted by atomic mass is 16.2. The Morgan fingerprint density at radius 1 is 1.62 bits per heavy atom. The standard InChI is InChI=1S/C11H19NO/c1-3-4-5-7-10-8-6-9-11(13)12(10)2/h5,7,10H,3-4,6,8-9H2,1-2H3. The van der Waals surface area contributed by atoms with Gasteiger partial charge in [0.05, 0.1) is 0 Å². The maximum absolute atomic E-state index is 11.3. The number of nitrogens with zero attached hydrogens (tertiary/aromatic N) is 1. The first-order chi connectivity index (χ1) is 6.25. The van der Waals surface area contributed by atoms with Crippen LogP contribution in [-0.4, -0.2) is 23.9 Å². The summed E-state index contributed by atoms with van der Waals surface area (Å²) in [5, 5.41) is 0. The number of allylic oxidation sites excluding steroid dienone is 1. The van der Waals surface area contributed by atoms with E-state index < -0.39 is 0 Å². The zero-order valence-electron chi connectivity index (χ0n) is 8.62. The molecule has 1 rings (SSSR count). The predicted molar refractivity (Wildman–Crippen MR) is 54.5 cm³/mol. The van der Waals surface area contributed by atoms with Crippen molar-refractivity contribution in [1.29, 1.82) is 0 Å². The van der Waals surface area contributed by atoms with Gasteiger partial charge in [0.2, 0.25) is 5.91 Å². The Kier molecular flexibility index (Phi) is 4.00. The van der Waals surface area contributed by atoms with E-state index in [9.17, 15) is 4.79 Å². The van der Waals surface area contributed by atoms with Gasteiger partial charge < -0.3 is 4.90 Å². The van der Waals surface area contributed by atoms with Crippen molar-refractivity contribution in [2.45, 2.75) is 45.1 Å². The lowest BCUT2D eigenvalue weighted by Gasteiger charge is -2.30. The summed E-state index contributed by atoms with van der Waals surface area (Å²) in [5.41, 5.74) is 0. The molecule has 0 aromatic rings. The lowest BCUT2D eigenvalue weighted by atomic mass is 10.0. The number of hydrogen-bond donors (Lipinski definition) is 0. The molecular weight excluding hydrogens is 162 g/mol. The first-order valence-electron chi connectivity index (χ1n) is 5.18. The highest BCUT2D eigenvalue weighted by Gasteiger charge is 2.21. The number of piperidine rings is 1. The molecule has 0 aliphatic carbocycles. The molecule has 0 radical (unpaired) electrons. The van der Waals surface area contributed by atoms with Gasteiger partial charge in [0.15, 0.2) is 0 Å². The second kappa shape index (κ2) is 5.05. The first kappa shape index (κ1) is 10.3. The smallest absolute Gasteiger partial charge is 0.222 e. The fraction of sp³-hybridized carbons (Fsp3) is 0.727. The minimum Gasteiger partial charge on any atom is -0.339 e. The highest BCUT2D eigenvalue weighted by Crippen LogP contribution is 2.17. The van der Waals surface area contributed by atoms with E-state index in [-0.39, 0.29) is 5.91 Å². The van der Waals surface area contributed by atoms with Crippen LogP contribution in [0.5, 0.6) is 0 Å². The Morgan fingerprint density at radius 3 is 3.08 bits per heavy atom. The fourth-order valence-electron chi connectivity index (χ4n) is 1.66. The van der Waals surface area contributed by atoms with Gasteiger partial charge in [0.25, 0.3) is 0 Å². The fourth-order valence-corrected chi connectivity index (χ4v) is 1.66. The third kappa shape index (κ3) is 2.87. The Balaban J connectivity index is 2.43. The molecule has 0 bridgehead atoms. The molecule has 1 atom stereocenters. The lowest BCUT2D eigenvalue weighted by molar-refractivity contribution is -0.133. The molecule has 0 aromatic carbocycles. The van der Waals surface area contributed by atoms with Crippen molar-refractivity contribution in [3.63, 3.8) is 0 Å². The van der Waals surface area contributed by atoms with Gasteiger partial charge in [-0.15, -0.1) is 0 Å². The SMILES string of the molecule is CCCC=CC1CCCC(=O)N1C. The molecule has 0 saturated carbocycles. The van der Waals surface area contributed by atoms with Gasteiger partial charge in [0, 0.05) is 19.5 Å². The average Bonchev–Trinajstić information content (AvgIpc) is 2.13. The van der Waals surface area contributed by atoms with Crippen molar-refractivity contribution in [3.05, 3.63) is 12.2 Å². The molecule has 2 heteroatoms. The Morgan fingerprint density at radius 2 is 2.38 bits per heavy atom. The van der Waals surface area contributed by atoms with Crippen molar-refractivity contribution in [2.24, 2.45) is 0 Å². The predicted octanol–water partition coefficient (Wildman–Crippen LogP) is 2.35. The largest absolute Gasteiger partial charge is 0.339 e. The summed E-state index contributed by atoms with van der Waals surface area (Å²) in [6.45, 7) is 2.17. The maximum atomic E-state index is 11.3. The number of likely N-dealkylation sites (tertiary alicyclic amines) is 1. The van der Waals surface area contributed by atoms with Crippen LogP contribution in [0.1, 0.15) is 39.0 Å². The third-order valence-corrected chi connectivity index (χ3v) is 2.59. The molecule has 0 spiro atoms. The zero-order chi connectivity index (χ0) is 9.68. The number of likely N-dealkylation sites (N-methyl/N-ethyl adjacent to an activating group) is 1. The Labute approximate surface area is 80.6 Å². The third-order valence-electron chi connectivity index (χ3n) is 2.59. The summed E-state index contributed by atoms with van der Waals surface area (Å²) in [4.78, 5) is 13.2. The van der Waals surface area contributed by atoms with Crippen LogP contribution < -0.4 is 0 Å². The van der Waals surface area contributed by atoms with E-state index in [1.807, 2.05) is 11.9 Å². The summed E-state index contributed by atoms with van der Waals surface area (Å²) in [6, 6.07) is 0.354. The molecule has 1 amide bonds.